The van der Waals surface area contributed by atoms with Crippen LogP contribution in [0.1, 0.15) is 0 Å². The van der Waals surface area contributed by atoms with Crippen LogP contribution in [0.2, 0.25) is 0 Å². The average Bonchev–Trinajstić information content (AvgIpc) is 3.16. The fourth-order valence-corrected chi connectivity index (χ4v) is 3.22. The quantitative estimate of drug-likeness (QED) is 0.229. The maximum Gasteiger partial charge on any atom is 0.241 e. The van der Waals surface area contributed by atoms with E-state index in [-0.39, 0.29) is 28.8 Å². The molecule has 4 aromatic rings. The Balaban J connectivity index is 1.77. The van der Waals surface area contributed by atoms with Crippen molar-refractivity contribution in [1.82, 2.24) is 14.6 Å². The highest BCUT2D eigenvalue weighted by atomic mass is 127. The van der Waals surface area contributed by atoms with Gasteiger partial charge in [0.05, 0.1) is 20.4 Å². The van der Waals surface area contributed by atoms with Crippen LogP contribution in [-0.4, -0.2) is 28.8 Å². The Bertz CT molecular complexity index is 1330. The lowest BCUT2D eigenvalue weighted by Gasteiger charge is -2.12. The SMILES string of the molecule is COc1ccc(Oc2cc(Oc3ccc(OC)c(F)c3F)c3ncc(I)n3n2)c(F)c1F. The summed E-state index contributed by atoms with van der Waals surface area (Å²) in [5.41, 5.74) is 0.152. The van der Waals surface area contributed by atoms with Gasteiger partial charge in [-0.3, -0.25) is 0 Å². The Morgan fingerprint density at radius 2 is 1.25 bits per heavy atom. The Morgan fingerprint density at radius 3 is 1.81 bits per heavy atom. The summed E-state index contributed by atoms with van der Waals surface area (Å²) in [6.07, 6.45) is 1.44. The summed E-state index contributed by atoms with van der Waals surface area (Å²) >= 11 is 1.92. The molecule has 0 bridgehead atoms. The Labute approximate surface area is 191 Å². The van der Waals surface area contributed by atoms with Crippen LogP contribution in [-0.2, 0) is 0 Å². The average molecular weight is 561 g/mol. The van der Waals surface area contributed by atoms with Crippen LogP contribution in [0, 0.1) is 27.0 Å². The Kier molecular flexibility index (Phi) is 5.95. The van der Waals surface area contributed by atoms with Gasteiger partial charge in [0.15, 0.2) is 34.4 Å². The molecule has 0 radical (unpaired) electrons. The van der Waals surface area contributed by atoms with Crippen molar-refractivity contribution in [3.05, 3.63) is 63.5 Å². The minimum absolute atomic E-state index is 0.0734. The molecule has 0 saturated carbocycles. The number of hydrogen-bond acceptors (Lipinski definition) is 6. The lowest BCUT2D eigenvalue weighted by atomic mass is 10.3. The number of ether oxygens (including phenoxy) is 4. The van der Waals surface area contributed by atoms with Crippen molar-refractivity contribution in [3.63, 3.8) is 0 Å². The number of imidazole rings is 1. The molecule has 0 spiro atoms. The fourth-order valence-electron chi connectivity index (χ4n) is 2.75. The number of nitrogens with zero attached hydrogens (tertiary/aromatic N) is 3. The van der Waals surface area contributed by atoms with Gasteiger partial charge < -0.3 is 18.9 Å². The molecule has 32 heavy (non-hydrogen) atoms. The van der Waals surface area contributed by atoms with Gasteiger partial charge in [-0.1, -0.05) is 0 Å². The molecule has 0 aliphatic rings. The highest BCUT2D eigenvalue weighted by molar-refractivity contribution is 14.1. The summed E-state index contributed by atoms with van der Waals surface area (Å²) in [5, 5.41) is 4.15. The number of hydrogen-bond donors (Lipinski definition) is 0. The molecular weight excluding hydrogens is 549 g/mol. The minimum atomic E-state index is -1.29. The number of aromatic nitrogens is 3. The Morgan fingerprint density at radius 1 is 0.750 bits per heavy atom. The predicted molar refractivity (Wildman–Crippen MR) is 112 cm³/mol. The topological polar surface area (TPSA) is 67.1 Å². The minimum Gasteiger partial charge on any atom is -0.494 e. The lowest BCUT2D eigenvalue weighted by Crippen LogP contribution is -2.03. The second kappa shape index (κ2) is 8.68. The van der Waals surface area contributed by atoms with Gasteiger partial charge in [-0.25, -0.2) is 9.50 Å². The van der Waals surface area contributed by atoms with Crippen LogP contribution in [0.3, 0.4) is 0 Å². The van der Waals surface area contributed by atoms with Gasteiger partial charge in [0.1, 0.15) is 3.70 Å². The highest BCUT2D eigenvalue weighted by Gasteiger charge is 2.21. The molecule has 4 rings (SSSR count). The van der Waals surface area contributed by atoms with E-state index in [1.165, 1.54) is 49.2 Å². The van der Waals surface area contributed by atoms with Crippen molar-refractivity contribution in [2.24, 2.45) is 0 Å². The van der Waals surface area contributed by atoms with E-state index in [2.05, 4.69) is 10.1 Å². The summed E-state index contributed by atoms with van der Waals surface area (Å²) in [5.74, 6) is -6.88. The van der Waals surface area contributed by atoms with Crippen molar-refractivity contribution < 1.29 is 36.5 Å². The zero-order valence-corrected chi connectivity index (χ0v) is 18.5. The molecule has 0 atom stereocenters. The van der Waals surface area contributed by atoms with E-state index >= 15 is 0 Å². The smallest absolute Gasteiger partial charge is 0.241 e. The molecule has 0 amide bonds. The van der Waals surface area contributed by atoms with Crippen molar-refractivity contribution in [2.45, 2.75) is 0 Å². The molecule has 0 unspecified atom stereocenters. The predicted octanol–water partition coefficient (Wildman–Crippen LogP) is 5.49. The van der Waals surface area contributed by atoms with E-state index in [0.717, 1.165) is 6.07 Å². The molecule has 2 aromatic carbocycles. The molecule has 0 saturated heterocycles. The zero-order valence-electron chi connectivity index (χ0n) is 16.3. The molecule has 12 heteroatoms. The summed E-state index contributed by atoms with van der Waals surface area (Å²) in [4.78, 5) is 4.12. The van der Waals surface area contributed by atoms with Gasteiger partial charge in [-0.15, -0.1) is 5.10 Å². The van der Waals surface area contributed by atoms with Crippen molar-refractivity contribution in [3.8, 4) is 34.6 Å². The number of rotatable bonds is 6. The maximum atomic E-state index is 14.4. The van der Waals surface area contributed by atoms with E-state index < -0.39 is 34.8 Å². The van der Waals surface area contributed by atoms with Crippen LogP contribution in [0.25, 0.3) is 5.65 Å². The number of methoxy groups -OCH3 is 2. The monoisotopic (exact) mass is 561 g/mol. The largest absolute Gasteiger partial charge is 0.494 e. The first-order valence-corrected chi connectivity index (χ1v) is 9.85. The van der Waals surface area contributed by atoms with Crippen LogP contribution in [0.5, 0.6) is 34.6 Å². The van der Waals surface area contributed by atoms with Gasteiger partial charge in [0, 0.05) is 6.07 Å². The summed E-state index contributed by atoms with van der Waals surface area (Å²) < 4.78 is 79.0. The Hall–Kier alpha value is -3.29. The van der Waals surface area contributed by atoms with E-state index in [4.69, 9.17) is 18.9 Å². The van der Waals surface area contributed by atoms with E-state index in [1.807, 2.05) is 22.6 Å². The van der Waals surface area contributed by atoms with Gasteiger partial charge in [0.2, 0.25) is 29.1 Å². The third-order valence-corrected chi connectivity index (χ3v) is 5.00. The molecule has 0 fully saturated rings. The third-order valence-electron chi connectivity index (χ3n) is 4.27. The van der Waals surface area contributed by atoms with Gasteiger partial charge in [-0.2, -0.15) is 17.6 Å². The van der Waals surface area contributed by atoms with Crippen LogP contribution in [0.15, 0.2) is 36.5 Å². The molecule has 0 aliphatic carbocycles. The zero-order chi connectivity index (χ0) is 23.0. The molecule has 0 aliphatic heterocycles. The lowest BCUT2D eigenvalue weighted by molar-refractivity contribution is 0.351. The van der Waals surface area contributed by atoms with Crippen LogP contribution in [0.4, 0.5) is 17.6 Å². The van der Waals surface area contributed by atoms with Crippen molar-refractivity contribution in [1.29, 1.82) is 0 Å². The normalized spacial score (nSPS) is 11.0. The summed E-state index contributed by atoms with van der Waals surface area (Å²) in [7, 11) is 2.39. The second-order valence-corrected chi connectivity index (χ2v) is 7.26. The standard InChI is InChI=1S/C20H12F4IN3O4/c1-29-9-3-5-11(18(23)16(9)21)31-13-7-15(27-28-14(25)8-26-20(13)28)32-12-6-4-10(30-2)17(22)19(12)24/h3-8H,1-2H3. The van der Waals surface area contributed by atoms with Gasteiger partial charge in [0.25, 0.3) is 0 Å². The second-order valence-electron chi connectivity index (χ2n) is 6.16. The molecule has 2 heterocycles. The molecule has 166 valence electrons. The number of halogens is 5. The maximum absolute atomic E-state index is 14.4. The summed E-state index contributed by atoms with van der Waals surface area (Å²) in [6, 6.07) is 5.87. The number of benzene rings is 2. The first kappa shape index (κ1) is 21.9. The van der Waals surface area contributed by atoms with E-state index in [1.54, 1.807) is 0 Å². The fraction of sp³-hybridized carbons (Fsp3) is 0.100. The van der Waals surface area contributed by atoms with E-state index in [9.17, 15) is 17.6 Å². The summed E-state index contributed by atoms with van der Waals surface area (Å²) in [6.45, 7) is 0. The van der Waals surface area contributed by atoms with Gasteiger partial charge in [-0.05, 0) is 46.9 Å². The van der Waals surface area contributed by atoms with Gasteiger partial charge >= 0.3 is 0 Å². The molecular formula is C20H12F4IN3O4. The van der Waals surface area contributed by atoms with Crippen molar-refractivity contribution in [2.75, 3.05) is 14.2 Å². The number of fused-ring (bicyclic) bond motifs is 1. The first-order valence-electron chi connectivity index (χ1n) is 8.78. The van der Waals surface area contributed by atoms with Crippen molar-refractivity contribution >= 4 is 28.2 Å². The molecule has 0 N–H and O–H groups in total. The van der Waals surface area contributed by atoms with E-state index in [0.29, 0.717) is 3.70 Å². The first-order chi connectivity index (χ1) is 15.3. The molecule has 2 aromatic heterocycles. The highest BCUT2D eigenvalue weighted by Crippen LogP contribution is 2.36. The third kappa shape index (κ3) is 3.85. The molecule has 7 nitrogen and oxygen atoms in total. The van der Waals surface area contributed by atoms with Crippen LogP contribution >= 0.6 is 22.6 Å². The van der Waals surface area contributed by atoms with Crippen LogP contribution < -0.4 is 18.9 Å².